The lowest BCUT2D eigenvalue weighted by Gasteiger charge is -2.05. The average Bonchev–Trinajstić information content (AvgIpc) is 2.91. The monoisotopic (exact) mass is 334 g/mol. The van der Waals surface area contributed by atoms with Gasteiger partial charge in [-0.15, -0.1) is 0 Å². The fourth-order valence-electron chi connectivity index (χ4n) is 1.75. The molecule has 1 heterocycles. The van der Waals surface area contributed by atoms with Gasteiger partial charge in [0.15, 0.2) is 0 Å². The number of alkyl halides is 2. The lowest BCUT2D eigenvalue weighted by Crippen LogP contribution is -2.13. The van der Waals surface area contributed by atoms with Gasteiger partial charge in [0.25, 0.3) is 11.7 Å². The Bertz CT molecular complexity index is 763. The molecular weight excluding hydrogens is 322 g/mol. The van der Waals surface area contributed by atoms with Crippen LogP contribution in [0.2, 0.25) is 0 Å². The quantitative estimate of drug-likeness (QED) is 0.517. The first-order chi connectivity index (χ1) is 11.0. The minimum atomic E-state index is -2.50. The lowest BCUT2D eigenvalue weighted by molar-refractivity contribution is -0.112. The smallest absolute Gasteiger partial charge is 0.288 e. The molecule has 1 amide bonds. The summed E-state index contributed by atoms with van der Waals surface area (Å²) in [4.78, 5) is 12.5. The number of nitriles is 1. The third-order valence-corrected chi connectivity index (χ3v) is 3.46. The Morgan fingerprint density at radius 1 is 1.43 bits per heavy atom. The molecule has 2 aromatic rings. The number of benzene rings is 1. The van der Waals surface area contributed by atoms with Crippen LogP contribution in [-0.2, 0) is 11.8 Å². The van der Waals surface area contributed by atoms with Crippen LogP contribution in [0.4, 0.5) is 14.5 Å². The number of carbonyl (C=O) groups is 1. The molecule has 5 nitrogen and oxygen atoms in total. The maximum absolute atomic E-state index is 12.2. The Labute approximate surface area is 135 Å². The van der Waals surface area contributed by atoms with Crippen LogP contribution < -0.4 is 5.32 Å². The van der Waals surface area contributed by atoms with Crippen molar-refractivity contribution in [1.82, 2.24) is 9.78 Å². The van der Waals surface area contributed by atoms with E-state index in [1.165, 1.54) is 36.5 Å². The number of hydrogen-bond acceptors (Lipinski definition) is 4. The molecule has 1 aromatic heterocycles. The number of amides is 1. The van der Waals surface area contributed by atoms with Gasteiger partial charge in [-0.3, -0.25) is 9.48 Å². The van der Waals surface area contributed by atoms with Crippen LogP contribution in [0.15, 0.2) is 47.1 Å². The van der Waals surface area contributed by atoms with Gasteiger partial charge < -0.3 is 5.32 Å². The van der Waals surface area contributed by atoms with E-state index in [2.05, 4.69) is 10.4 Å². The molecule has 2 rings (SSSR count). The average molecular weight is 334 g/mol. The Balaban J connectivity index is 2.08. The van der Waals surface area contributed by atoms with Crippen molar-refractivity contribution in [3.8, 4) is 6.07 Å². The molecule has 0 radical (unpaired) electrons. The fraction of sp³-hybridized carbons (Fsp3) is 0.133. The third kappa shape index (κ3) is 4.93. The van der Waals surface area contributed by atoms with Crippen LogP contribution in [-0.4, -0.2) is 21.4 Å². The highest BCUT2D eigenvalue weighted by Gasteiger charge is 2.11. The highest BCUT2D eigenvalue weighted by molar-refractivity contribution is 7.99. The molecule has 1 N–H and O–H groups in total. The molecule has 118 valence electrons. The SMILES string of the molecule is Cn1cc(/C=C(\C#N)C(=O)Nc2ccc(SC(F)F)cc2)cn1. The molecule has 0 fully saturated rings. The van der Waals surface area contributed by atoms with Crippen molar-refractivity contribution >= 4 is 29.4 Å². The zero-order valence-electron chi connectivity index (χ0n) is 12.0. The summed E-state index contributed by atoms with van der Waals surface area (Å²) in [7, 11) is 1.72. The number of carbonyl (C=O) groups excluding carboxylic acids is 1. The predicted octanol–water partition coefficient (Wildman–Crippen LogP) is 3.28. The van der Waals surface area contributed by atoms with Crippen molar-refractivity contribution in [2.24, 2.45) is 7.05 Å². The number of nitrogens with one attached hydrogen (secondary N) is 1. The van der Waals surface area contributed by atoms with Crippen molar-refractivity contribution in [3.05, 3.63) is 47.8 Å². The maximum Gasteiger partial charge on any atom is 0.288 e. The van der Waals surface area contributed by atoms with Gasteiger partial charge in [0, 0.05) is 29.4 Å². The van der Waals surface area contributed by atoms with Gasteiger partial charge in [0.05, 0.1) is 6.20 Å². The standard InChI is InChI=1S/C15H12F2N4OS/c1-21-9-10(8-19-21)6-11(7-18)14(22)20-12-2-4-13(5-3-12)23-15(16)17/h2-6,8-9,15H,1H3,(H,20,22)/b11-6+. The number of aryl methyl sites for hydroxylation is 1. The molecule has 0 spiro atoms. The Hall–Kier alpha value is -2.66. The second kappa shape index (κ2) is 7.56. The van der Waals surface area contributed by atoms with Gasteiger partial charge >= 0.3 is 0 Å². The molecule has 0 bridgehead atoms. The maximum atomic E-state index is 12.2. The summed E-state index contributed by atoms with van der Waals surface area (Å²) in [5.74, 6) is -3.08. The minimum absolute atomic E-state index is 0.0796. The van der Waals surface area contributed by atoms with Crippen molar-refractivity contribution in [1.29, 1.82) is 5.26 Å². The number of anilines is 1. The molecule has 0 saturated heterocycles. The van der Waals surface area contributed by atoms with Crippen LogP contribution in [0, 0.1) is 11.3 Å². The number of hydrogen-bond donors (Lipinski definition) is 1. The summed E-state index contributed by atoms with van der Waals surface area (Å²) in [6.07, 6.45) is 4.62. The van der Waals surface area contributed by atoms with Crippen molar-refractivity contribution in [2.45, 2.75) is 10.7 Å². The molecule has 0 unspecified atom stereocenters. The number of aromatic nitrogens is 2. The molecule has 0 aliphatic heterocycles. The minimum Gasteiger partial charge on any atom is -0.321 e. The zero-order chi connectivity index (χ0) is 16.8. The molecule has 0 aliphatic carbocycles. The van der Waals surface area contributed by atoms with Gasteiger partial charge in [-0.25, -0.2) is 0 Å². The van der Waals surface area contributed by atoms with Gasteiger partial charge in [0.2, 0.25) is 0 Å². The largest absolute Gasteiger partial charge is 0.321 e. The number of halogens is 2. The van der Waals surface area contributed by atoms with Crippen molar-refractivity contribution in [3.63, 3.8) is 0 Å². The van der Waals surface area contributed by atoms with E-state index in [0.717, 1.165) is 0 Å². The van der Waals surface area contributed by atoms with E-state index in [4.69, 9.17) is 5.26 Å². The molecule has 0 atom stereocenters. The first-order valence-corrected chi connectivity index (χ1v) is 7.32. The van der Waals surface area contributed by atoms with Crippen molar-refractivity contribution in [2.75, 3.05) is 5.32 Å². The van der Waals surface area contributed by atoms with Crippen LogP contribution >= 0.6 is 11.8 Å². The van der Waals surface area contributed by atoms with E-state index < -0.39 is 11.7 Å². The predicted molar refractivity (Wildman–Crippen MR) is 83.7 cm³/mol. The lowest BCUT2D eigenvalue weighted by atomic mass is 10.2. The second-order valence-corrected chi connectivity index (χ2v) is 5.54. The highest BCUT2D eigenvalue weighted by Crippen LogP contribution is 2.26. The van der Waals surface area contributed by atoms with E-state index in [-0.39, 0.29) is 5.57 Å². The summed E-state index contributed by atoms with van der Waals surface area (Å²) in [5, 5.41) is 15.6. The number of nitrogens with zero attached hydrogens (tertiary/aromatic N) is 3. The number of rotatable bonds is 5. The van der Waals surface area contributed by atoms with Gasteiger partial charge in [-0.1, -0.05) is 11.8 Å². The summed E-state index contributed by atoms with van der Waals surface area (Å²) in [5.41, 5.74) is 0.966. The van der Waals surface area contributed by atoms with Crippen LogP contribution in [0.5, 0.6) is 0 Å². The fourth-order valence-corrected chi connectivity index (χ4v) is 2.25. The molecule has 8 heteroatoms. The summed E-state index contributed by atoms with van der Waals surface area (Å²) >= 11 is 0.422. The Morgan fingerprint density at radius 2 is 2.13 bits per heavy atom. The van der Waals surface area contributed by atoms with Crippen LogP contribution in [0.3, 0.4) is 0 Å². The third-order valence-electron chi connectivity index (χ3n) is 2.74. The first kappa shape index (κ1) is 16.7. The van der Waals surface area contributed by atoms with E-state index >= 15 is 0 Å². The Morgan fingerprint density at radius 3 is 2.65 bits per heavy atom. The summed E-state index contributed by atoms with van der Waals surface area (Å²) in [6, 6.07) is 7.78. The first-order valence-electron chi connectivity index (χ1n) is 6.44. The Kier molecular flexibility index (Phi) is 5.49. The molecule has 0 aliphatic rings. The summed E-state index contributed by atoms with van der Waals surface area (Å²) < 4.78 is 26.0. The van der Waals surface area contributed by atoms with Crippen LogP contribution in [0.1, 0.15) is 5.56 Å². The van der Waals surface area contributed by atoms with E-state index in [1.807, 2.05) is 6.07 Å². The van der Waals surface area contributed by atoms with Crippen LogP contribution in [0.25, 0.3) is 6.08 Å². The molecular formula is C15H12F2N4OS. The normalized spacial score (nSPS) is 11.3. The molecule has 0 saturated carbocycles. The molecule has 1 aromatic carbocycles. The van der Waals surface area contributed by atoms with Crippen molar-refractivity contribution < 1.29 is 13.6 Å². The van der Waals surface area contributed by atoms with Gasteiger partial charge in [-0.05, 0) is 30.3 Å². The summed E-state index contributed by atoms with van der Waals surface area (Å²) in [6.45, 7) is 0. The van der Waals surface area contributed by atoms with Gasteiger partial charge in [0.1, 0.15) is 11.6 Å². The van der Waals surface area contributed by atoms with Gasteiger partial charge in [-0.2, -0.15) is 19.1 Å². The van der Waals surface area contributed by atoms with E-state index in [1.54, 1.807) is 17.9 Å². The number of thioether (sulfide) groups is 1. The highest BCUT2D eigenvalue weighted by atomic mass is 32.2. The topological polar surface area (TPSA) is 70.7 Å². The molecule has 23 heavy (non-hydrogen) atoms. The zero-order valence-corrected chi connectivity index (χ0v) is 12.8. The van der Waals surface area contributed by atoms with E-state index in [9.17, 15) is 13.6 Å². The second-order valence-electron chi connectivity index (χ2n) is 4.47. The van der Waals surface area contributed by atoms with E-state index in [0.29, 0.717) is 27.9 Å².